The van der Waals surface area contributed by atoms with Crippen molar-refractivity contribution in [3.8, 4) is 11.5 Å². The number of methoxy groups -OCH3 is 2. The number of amides is 1. The normalized spacial score (nSPS) is 19.8. The highest BCUT2D eigenvalue weighted by molar-refractivity contribution is 5.99. The van der Waals surface area contributed by atoms with E-state index in [1.165, 1.54) is 6.42 Å². The molecule has 3 heterocycles. The number of likely N-dealkylation sites (tertiary alicyclic amines) is 1. The summed E-state index contributed by atoms with van der Waals surface area (Å²) < 4.78 is 12.9. The molecule has 27 heavy (non-hydrogen) atoms. The summed E-state index contributed by atoms with van der Waals surface area (Å²) in [5.41, 5.74) is 0.450. The Balaban J connectivity index is 1.59. The summed E-state index contributed by atoms with van der Waals surface area (Å²) in [4.78, 5) is 17.3. The van der Waals surface area contributed by atoms with Gasteiger partial charge in [-0.25, -0.2) is 0 Å². The lowest BCUT2D eigenvalue weighted by molar-refractivity contribution is 0.0698. The molecule has 1 fully saturated rings. The molecule has 0 spiro atoms. The average molecular weight is 371 g/mol. The molecular weight excluding hydrogens is 346 g/mol. The standard InChI is InChI=1S/C19H25N5O3/c1-22-9-5-6-13(22)18-21-20-16-12-23(10-11-24(16)18)19(25)17-14(26-2)7-4-8-15(17)27-3/h4,7-8,13H,5-6,9-12H2,1-3H3. The van der Waals surface area contributed by atoms with Gasteiger partial charge in [-0.1, -0.05) is 6.07 Å². The third-order valence-corrected chi connectivity index (χ3v) is 5.53. The highest BCUT2D eigenvalue weighted by atomic mass is 16.5. The van der Waals surface area contributed by atoms with Crippen LogP contribution in [-0.2, 0) is 13.1 Å². The molecule has 144 valence electrons. The largest absolute Gasteiger partial charge is 0.496 e. The minimum Gasteiger partial charge on any atom is -0.496 e. The highest BCUT2D eigenvalue weighted by Crippen LogP contribution is 2.33. The highest BCUT2D eigenvalue weighted by Gasteiger charge is 2.33. The van der Waals surface area contributed by atoms with Gasteiger partial charge in [-0.15, -0.1) is 10.2 Å². The van der Waals surface area contributed by atoms with Crippen LogP contribution in [0, 0.1) is 0 Å². The van der Waals surface area contributed by atoms with Crippen molar-refractivity contribution in [2.45, 2.75) is 32.0 Å². The fraction of sp³-hybridized carbons (Fsp3) is 0.526. The van der Waals surface area contributed by atoms with Crippen molar-refractivity contribution >= 4 is 5.91 Å². The first-order valence-electron chi connectivity index (χ1n) is 9.26. The summed E-state index contributed by atoms with van der Waals surface area (Å²) in [6, 6.07) is 5.68. The van der Waals surface area contributed by atoms with E-state index in [0.29, 0.717) is 42.7 Å². The summed E-state index contributed by atoms with van der Waals surface area (Å²) >= 11 is 0. The summed E-state index contributed by atoms with van der Waals surface area (Å²) in [7, 11) is 5.25. The second-order valence-electron chi connectivity index (χ2n) is 7.03. The van der Waals surface area contributed by atoms with Crippen LogP contribution in [0.25, 0.3) is 0 Å². The quantitative estimate of drug-likeness (QED) is 0.815. The Morgan fingerprint density at radius 2 is 1.85 bits per heavy atom. The molecule has 1 atom stereocenters. The second-order valence-corrected chi connectivity index (χ2v) is 7.03. The van der Waals surface area contributed by atoms with E-state index in [-0.39, 0.29) is 5.91 Å². The van der Waals surface area contributed by atoms with Gasteiger partial charge in [0.2, 0.25) is 0 Å². The van der Waals surface area contributed by atoms with Crippen LogP contribution in [0.4, 0.5) is 0 Å². The van der Waals surface area contributed by atoms with Crippen LogP contribution in [0.1, 0.15) is 40.9 Å². The number of nitrogens with zero attached hydrogens (tertiary/aromatic N) is 5. The van der Waals surface area contributed by atoms with E-state index >= 15 is 0 Å². The van der Waals surface area contributed by atoms with Gasteiger partial charge in [-0.3, -0.25) is 9.69 Å². The molecule has 1 saturated heterocycles. The predicted octanol–water partition coefficient (Wildman–Crippen LogP) is 1.72. The fourth-order valence-corrected chi connectivity index (χ4v) is 4.06. The molecule has 2 aromatic rings. The molecule has 0 bridgehead atoms. The number of fused-ring (bicyclic) bond motifs is 1. The molecule has 0 aliphatic carbocycles. The monoisotopic (exact) mass is 371 g/mol. The van der Waals surface area contributed by atoms with Crippen LogP contribution in [0.5, 0.6) is 11.5 Å². The van der Waals surface area contributed by atoms with Gasteiger partial charge < -0.3 is 18.9 Å². The zero-order valence-corrected chi connectivity index (χ0v) is 16.0. The number of benzene rings is 1. The van der Waals surface area contributed by atoms with Crippen molar-refractivity contribution in [3.05, 3.63) is 35.4 Å². The van der Waals surface area contributed by atoms with Crippen molar-refractivity contribution in [2.75, 3.05) is 34.4 Å². The van der Waals surface area contributed by atoms with Gasteiger partial charge in [0, 0.05) is 13.1 Å². The Labute approximate surface area is 158 Å². The van der Waals surface area contributed by atoms with Gasteiger partial charge in [0.1, 0.15) is 17.1 Å². The molecule has 1 amide bonds. The number of hydrogen-bond acceptors (Lipinski definition) is 6. The Hall–Kier alpha value is -2.61. The molecule has 1 aromatic heterocycles. The van der Waals surface area contributed by atoms with Gasteiger partial charge in [0.05, 0.1) is 26.8 Å². The summed E-state index contributed by atoms with van der Waals surface area (Å²) in [5.74, 6) is 2.77. The summed E-state index contributed by atoms with van der Waals surface area (Å²) in [6.45, 7) is 2.83. The molecular formula is C19H25N5O3. The third kappa shape index (κ3) is 3.03. The van der Waals surface area contributed by atoms with E-state index in [4.69, 9.17) is 9.47 Å². The molecule has 8 nitrogen and oxygen atoms in total. The van der Waals surface area contributed by atoms with Crippen LogP contribution < -0.4 is 9.47 Å². The molecule has 0 radical (unpaired) electrons. The van der Waals surface area contributed by atoms with Crippen molar-refractivity contribution in [3.63, 3.8) is 0 Å². The first-order valence-corrected chi connectivity index (χ1v) is 9.26. The number of rotatable bonds is 4. The van der Waals surface area contributed by atoms with Crippen LogP contribution in [0.2, 0.25) is 0 Å². The second kappa shape index (κ2) is 7.19. The van der Waals surface area contributed by atoms with Crippen LogP contribution >= 0.6 is 0 Å². The lowest BCUT2D eigenvalue weighted by Gasteiger charge is -2.30. The van der Waals surface area contributed by atoms with Gasteiger partial charge in [-0.2, -0.15) is 0 Å². The van der Waals surface area contributed by atoms with Crippen LogP contribution in [0.15, 0.2) is 18.2 Å². The SMILES string of the molecule is COc1cccc(OC)c1C(=O)N1CCn2c(nnc2C2CCCN2C)C1. The van der Waals surface area contributed by atoms with Crippen LogP contribution in [0.3, 0.4) is 0 Å². The van der Waals surface area contributed by atoms with E-state index in [1.807, 2.05) is 6.07 Å². The Kier molecular flexibility index (Phi) is 4.73. The Bertz CT molecular complexity index is 828. The molecule has 1 aromatic carbocycles. The van der Waals surface area contributed by atoms with Gasteiger partial charge in [0.15, 0.2) is 11.6 Å². The summed E-state index contributed by atoms with van der Waals surface area (Å²) in [5, 5.41) is 8.83. The predicted molar refractivity (Wildman–Crippen MR) is 98.9 cm³/mol. The van der Waals surface area contributed by atoms with Gasteiger partial charge >= 0.3 is 0 Å². The van der Waals surface area contributed by atoms with E-state index in [9.17, 15) is 4.79 Å². The van der Waals surface area contributed by atoms with E-state index < -0.39 is 0 Å². The Morgan fingerprint density at radius 1 is 1.11 bits per heavy atom. The lowest BCUT2D eigenvalue weighted by atomic mass is 10.1. The van der Waals surface area contributed by atoms with Crippen molar-refractivity contribution in [2.24, 2.45) is 0 Å². The minimum absolute atomic E-state index is 0.113. The fourth-order valence-electron chi connectivity index (χ4n) is 4.06. The van der Waals surface area contributed by atoms with Crippen molar-refractivity contribution in [1.82, 2.24) is 24.6 Å². The molecule has 4 rings (SSSR count). The first-order chi connectivity index (χ1) is 13.1. The number of ether oxygens (including phenoxy) is 2. The number of carbonyl (C=O) groups is 1. The lowest BCUT2D eigenvalue weighted by Crippen LogP contribution is -2.39. The van der Waals surface area contributed by atoms with E-state index in [2.05, 4.69) is 26.7 Å². The molecule has 2 aliphatic rings. The number of hydrogen-bond donors (Lipinski definition) is 0. The molecule has 8 heteroatoms. The maximum absolute atomic E-state index is 13.2. The average Bonchev–Trinajstić information content (AvgIpc) is 3.31. The maximum Gasteiger partial charge on any atom is 0.261 e. The van der Waals surface area contributed by atoms with E-state index in [0.717, 1.165) is 24.6 Å². The first kappa shape index (κ1) is 17.8. The zero-order valence-electron chi connectivity index (χ0n) is 16.0. The molecule has 0 saturated carbocycles. The summed E-state index contributed by atoms with van der Waals surface area (Å²) in [6.07, 6.45) is 2.29. The van der Waals surface area contributed by atoms with Crippen molar-refractivity contribution in [1.29, 1.82) is 0 Å². The smallest absolute Gasteiger partial charge is 0.261 e. The molecule has 1 unspecified atom stereocenters. The minimum atomic E-state index is -0.113. The van der Waals surface area contributed by atoms with Gasteiger partial charge in [-0.05, 0) is 38.6 Å². The Morgan fingerprint density at radius 3 is 2.48 bits per heavy atom. The molecule has 0 N–H and O–H groups in total. The van der Waals surface area contributed by atoms with Crippen LogP contribution in [-0.4, -0.2) is 64.8 Å². The topological polar surface area (TPSA) is 72.7 Å². The maximum atomic E-state index is 13.2. The van der Waals surface area contributed by atoms with Crippen molar-refractivity contribution < 1.29 is 14.3 Å². The molecule has 2 aliphatic heterocycles. The third-order valence-electron chi connectivity index (χ3n) is 5.53. The number of aromatic nitrogens is 3. The number of carbonyl (C=O) groups excluding carboxylic acids is 1. The van der Waals surface area contributed by atoms with E-state index in [1.54, 1.807) is 31.3 Å². The van der Waals surface area contributed by atoms with Gasteiger partial charge in [0.25, 0.3) is 5.91 Å². The zero-order chi connectivity index (χ0) is 19.0.